The Morgan fingerprint density at radius 2 is 1.74 bits per heavy atom. The topological polar surface area (TPSA) is 118 Å². The molecule has 1 fully saturated rings. The Morgan fingerprint density at radius 3 is 2.41 bits per heavy atom. The number of benzene rings is 2. The smallest absolute Gasteiger partial charge is 0.345 e. The molecule has 5 rings (SSSR count). The maximum absolute atomic E-state index is 15.4. The molecule has 16 heteroatoms. The molecule has 0 bridgehead atoms. The highest BCUT2D eigenvalue weighted by atomic mass is 35.5. The molecule has 3 heterocycles. The van der Waals surface area contributed by atoms with Crippen molar-refractivity contribution in [2.24, 2.45) is 7.05 Å². The van der Waals surface area contributed by atoms with Crippen LogP contribution in [0.25, 0.3) is 22.4 Å². The van der Waals surface area contributed by atoms with E-state index in [0.717, 1.165) is 0 Å². The van der Waals surface area contributed by atoms with E-state index in [0.29, 0.717) is 37.6 Å². The number of nitrogens with one attached hydrogen (secondary N) is 1. The van der Waals surface area contributed by atoms with Crippen molar-refractivity contribution in [2.45, 2.75) is 20.1 Å². The van der Waals surface area contributed by atoms with Crippen molar-refractivity contribution < 1.29 is 37.0 Å². The molecule has 0 saturated carbocycles. The molecule has 0 spiro atoms. The van der Waals surface area contributed by atoms with Crippen LogP contribution in [-0.2, 0) is 18.3 Å². The van der Waals surface area contributed by atoms with Crippen molar-refractivity contribution in [2.75, 3.05) is 44.8 Å². The quantitative estimate of drug-likeness (QED) is 0.242. The van der Waals surface area contributed by atoms with Gasteiger partial charge in [-0.05, 0) is 31.2 Å². The third kappa shape index (κ3) is 6.77. The molecule has 2 aromatic carbocycles. The summed E-state index contributed by atoms with van der Waals surface area (Å²) in [5, 5.41) is 16.1. The predicted molar refractivity (Wildman–Crippen MR) is 160 cm³/mol. The van der Waals surface area contributed by atoms with E-state index in [1.54, 1.807) is 11.8 Å². The molecule has 1 aliphatic rings. The summed E-state index contributed by atoms with van der Waals surface area (Å²) in [4.78, 5) is 33.6. The number of amides is 2. The minimum atomic E-state index is -2.93. The van der Waals surface area contributed by atoms with Gasteiger partial charge in [-0.1, -0.05) is 17.7 Å². The van der Waals surface area contributed by atoms with Crippen LogP contribution in [0.4, 0.5) is 23.2 Å². The van der Waals surface area contributed by atoms with Crippen LogP contribution in [0.3, 0.4) is 0 Å². The number of alkyl halides is 2. The first-order valence-electron chi connectivity index (χ1n) is 14.2. The SMILES string of the molecule is Cc1c(-c2ccc(-c3cnc(C(=O)Nc4ccc(C(=O)N5CCN(CO)CC5)c(Cl)c4)n3C)c(F)c2F)cnn1CCOC(F)F. The Morgan fingerprint density at radius 1 is 1.04 bits per heavy atom. The van der Waals surface area contributed by atoms with Crippen LogP contribution in [0.2, 0.25) is 5.02 Å². The second kappa shape index (κ2) is 14.0. The van der Waals surface area contributed by atoms with Crippen LogP contribution in [0.5, 0.6) is 0 Å². The number of ether oxygens (including phenoxy) is 1. The number of rotatable bonds is 10. The largest absolute Gasteiger partial charge is 0.381 e. The standard InChI is InChI=1S/C30H30ClF4N7O4/c1-17-22(14-37-42(17)11-12-46-30(34)35)19-5-6-21(26(33)25(19)32)24-15-36-27(39(24)2)28(44)38-18-3-4-20(23(31)13-18)29(45)41-9-7-40(16-43)8-10-41/h3-6,13-15,30,43H,7-12,16H2,1-2H3,(H,38,44). The van der Waals surface area contributed by atoms with Crippen LogP contribution in [0.15, 0.2) is 42.7 Å². The monoisotopic (exact) mass is 663 g/mol. The van der Waals surface area contributed by atoms with Gasteiger partial charge in [0.2, 0.25) is 0 Å². The lowest BCUT2D eigenvalue weighted by Gasteiger charge is -2.33. The van der Waals surface area contributed by atoms with E-state index in [4.69, 9.17) is 11.6 Å². The molecule has 0 aliphatic carbocycles. The molecule has 0 unspecified atom stereocenters. The third-order valence-corrected chi connectivity index (χ3v) is 8.12. The van der Waals surface area contributed by atoms with Crippen molar-refractivity contribution in [3.05, 3.63) is 76.5 Å². The van der Waals surface area contributed by atoms with Gasteiger partial charge in [0.15, 0.2) is 17.5 Å². The van der Waals surface area contributed by atoms with Gasteiger partial charge in [0.25, 0.3) is 11.8 Å². The first-order valence-corrected chi connectivity index (χ1v) is 14.5. The number of nitrogens with zero attached hydrogens (tertiary/aromatic N) is 6. The van der Waals surface area contributed by atoms with Gasteiger partial charge in [0, 0.05) is 61.3 Å². The molecule has 2 amide bonds. The molecular formula is C30H30ClF4N7O4. The van der Waals surface area contributed by atoms with Gasteiger partial charge in [-0.3, -0.25) is 19.2 Å². The molecular weight excluding hydrogens is 634 g/mol. The van der Waals surface area contributed by atoms with Crippen LogP contribution in [0, 0.1) is 18.6 Å². The minimum absolute atomic E-state index is 0.00359. The van der Waals surface area contributed by atoms with Crippen LogP contribution in [0.1, 0.15) is 26.7 Å². The van der Waals surface area contributed by atoms with Gasteiger partial charge >= 0.3 is 6.61 Å². The molecule has 1 saturated heterocycles. The highest BCUT2D eigenvalue weighted by Gasteiger charge is 2.25. The summed E-state index contributed by atoms with van der Waals surface area (Å²) in [5.41, 5.74) is 1.18. The lowest BCUT2D eigenvalue weighted by molar-refractivity contribution is -0.130. The van der Waals surface area contributed by atoms with Gasteiger partial charge in [-0.15, -0.1) is 0 Å². The Bertz CT molecular complexity index is 1760. The van der Waals surface area contributed by atoms with Crippen molar-refractivity contribution in [3.63, 3.8) is 0 Å². The lowest BCUT2D eigenvalue weighted by atomic mass is 10.0. The summed E-state index contributed by atoms with van der Waals surface area (Å²) >= 11 is 6.39. The zero-order chi connectivity index (χ0) is 33.1. The Labute approximate surface area is 265 Å². The van der Waals surface area contributed by atoms with Gasteiger partial charge in [-0.2, -0.15) is 13.9 Å². The summed E-state index contributed by atoms with van der Waals surface area (Å²) in [5.74, 6) is -3.35. The molecule has 2 aromatic heterocycles. The lowest BCUT2D eigenvalue weighted by Crippen LogP contribution is -2.48. The van der Waals surface area contributed by atoms with E-state index in [1.165, 1.54) is 59.0 Å². The average Bonchev–Trinajstić information content (AvgIpc) is 3.60. The van der Waals surface area contributed by atoms with E-state index in [9.17, 15) is 23.5 Å². The van der Waals surface area contributed by atoms with Crippen molar-refractivity contribution in [3.8, 4) is 22.4 Å². The summed E-state index contributed by atoms with van der Waals surface area (Å²) < 4.78 is 62.2. The minimum Gasteiger partial charge on any atom is -0.381 e. The fourth-order valence-corrected chi connectivity index (χ4v) is 5.47. The third-order valence-electron chi connectivity index (χ3n) is 7.81. The number of carbonyl (C=O) groups excluding carboxylic acids is 2. The number of anilines is 1. The summed E-state index contributed by atoms with van der Waals surface area (Å²) in [6.07, 6.45) is 2.56. The zero-order valence-corrected chi connectivity index (χ0v) is 25.6. The number of hydrogen-bond acceptors (Lipinski definition) is 7. The highest BCUT2D eigenvalue weighted by molar-refractivity contribution is 6.34. The van der Waals surface area contributed by atoms with Crippen molar-refractivity contribution in [1.82, 2.24) is 29.1 Å². The Hall–Kier alpha value is -4.31. The van der Waals surface area contributed by atoms with Gasteiger partial charge in [0.05, 0.1) is 48.6 Å². The summed E-state index contributed by atoms with van der Waals surface area (Å²) in [6, 6.07) is 7.17. The molecule has 2 N–H and O–H groups in total. The molecule has 4 aromatic rings. The second-order valence-electron chi connectivity index (χ2n) is 10.5. The number of aromatic nitrogens is 4. The van der Waals surface area contributed by atoms with Gasteiger partial charge in [0.1, 0.15) is 0 Å². The molecule has 0 atom stereocenters. The number of hydrogen-bond donors (Lipinski definition) is 2. The van der Waals surface area contributed by atoms with E-state index < -0.39 is 24.2 Å². The van der Waals surface area contributed by atoms with E-state index in [2.05, 4.69) is 20.1 Å². The molecule has 11 nitrogen and oxygen atoms in total. The number of aliphatic hydroxyl groups excluding tert-OH is 1. The van der Waals surface area contributed by atoms with Crippen LogP contribution in [-0.4, -0.2) is 92.2 Å². The molecule has 46 heavy (non-hydrogen) atoms. The van der Waals surface area contributed by atoms with E-state index in [1.807, 2.05) is 4.90 Å². The molecule has 244 valence electrons. The first-order chi connectivity index (χ1) is 22.0. The van der Waals surface area contributed by atoms with E-state index in [-0.39, 0.29) is 64.6 Å². The number of piperazine rings is 1. The highest BCUT2D eigenvalue weighted by Crippen LogP contribution is 2.33. The number of aliphatic hydroxyl groups is 1. The maximum Gasteiger partial charge on any atom is 0.345 e. The molecule has 0 radical (unpaired) electrons. The zero-order valence-electron chi connectivity index (χ0n) is 24.8. The maximum atomic E-state index is 15.4. The summed E-state index contributed by atoms with van der Waals surface area (Å²) in [6.45, 7) is 0.230. The predicted octanol–water partition coefficient (Wildman–Crippen LogP) is 4.39. The van der Waals surface area contributed by atoms with Crippen LogP contribution < -0.4 is 5.32 Å². The fourth-order valence-electron chi connectivity index (χ4n) is 5.21. The summed E-state index contributed by atoms with van der Waals surface area (Å²) in [7, 11) is 1.48. The normalized spacial score (nSPS) is 13.9. The number of imidazole rings is 1. The first kappa shape index (κ1) is 33.1. The number of halogens is 5. The van der Waals surface area contributed by atoms with Gasteiger partial charge < -0.3 is 24.6 Å². The van der Waals surface area contributed by atoms with Crippen molar-refractivity contribution >= 4 is 29.1 Å². The second-order valence-corrected chi connectivity index (χ2v) is 10.9. The number of carbonyl (C=O) groups is 2. The van der Waals surface area contributed by atoms with Crippen molar-refractivity contribution in [1.29, 1.82) is 0 Å². The Balaban J connectivity index is 1.30. The van der Waals surface area contributed by atoms with Crippen LogP contribution >= 0.6 is 11.6 Å². The molecule has 1 aliphatic heterocycles. The Kier molecular flexibility index (Phi) is 10.1. The fraction of sp³-hybridized carbons (Fsp3) is 0.333. The van der Waals surface area contributed by atoms with E-state index >= 15 is 8.78 Å². The average molecular weight is 664 g/mol. The van der Waals surface area contributed by atoms with Gasteiger partial charge in [-0.25, -0.2) is 13.8 Å².